The molecular weight excluding hydrogens is 304 g/mol. The number of benzene rings is 1. The van der Waals surface area contributed by atoms with E-state index in [0.29, 0.717) is 0 Å². The van der Waals surface area contributed by atoms with Gasteiger partial charge in [0.2, 0.25) is 0 Å². The summed E-state index contributed by atoms with van der Waals surface area (Å²) in [4.78, 5) is 3.62. The van der Waals surface area contributed by atoms with Crippen LogP contribution in [-0.4, -0.2) is 26.3 Å². The van der Waals surface area contributed by atoms with Crippen molar-refractivity contribution in [2.45, 2.75) is 13.0 Å². The predicted octanol–water partition coefficient (Wildman–Crippen LogP) is 4.41. The molecule has 3 nitrogen and oxygen atoms in total. The van der Waals surface area contributed by atoms with Crippen LogP contribution in [0.4, 0.5) is 11.4 Å². The van der Waals surface area contributed by atoms with E-state index in [4.69, 9.17) is 16.3 Å². The van der Waals surface area contributed by atoms with E-state index >= 15 is 0 Å². The van der Waals surface area contributed by atoms with Crippen molar-refractivity contribution >= 4 is 34.3 Å². The summed E-state index contributed by atoms with van der Waals surface area (Å²) in [5.74, 6) is 0. The van der Waals surface area contributed by atoms with E-state index in [-0.39, 0.29) is 6.04 Å². The Bertz CT molecular complexity index is 595. The molecule has 0 saturated carbocycles. The average Bonchev–Trinajstić information content (AvgIpc) is 2.95. The molecule has 0 bridgehead atoms. The Kier molecular flexibility index (Phi) is 4.68. The Balaban J connectivity index is 1.78. The van der Waals surface area contributed by atoms with Crippen molar-refractivity contribution in [2.24, 2.45) is 0 Å². The molecule has 1 fully saturated rings. The molecule has 2 aromatic rings. The Morgan fingerprint density at radius 3 is 2.67 bits per heavy atom. The van der Waals surface area contributed by atoms with Crippen LogP contribution >= 0.6 is 22.9 Å². The maximum absolute atomic E-state index is 6.03. The molecule has 1 saturated heterocycles. The summed E-state index contributed by atoms with van der Waals surface area (Å²) >= 11 is 7.65. The lowest BCUT2D eigenvalue weighted by Gasteiger charge is -2.31. The molecule has 1 atom stereocenters. The first-order chi connectivity index (χ1) is 10.2. The first kappa shape index (κ1) is 14.7. The minimum Gasteiger partial charge on any atom is -0.378 e. The van der Waals surface area contributed by atoms with E-state index in [0.717, 1.165) is 36.3 Å². The van der Waals surface area contributed by atoms with Crippen LogP contribution in [0.25, 0.3) is 0 Å². The van der Waals surface area contributed by atoms with Gasteiger partial charge in [0.1, 0.15) is 0 Å². The molecule has 21 heavy (non-hydrogen) atoms. The molecule has 0 aliphatic carbocycles. The van der Waals surface area contributed by atoms with Crippen molar-refractivity contribution in [3.63, 3.8) is 0 Å². The number of halogens is 1. The van der Waals surface area contributed by atoms with Crippen molar-refractivity contribution < 1.29 is 4.74 Å². The van der Waals surface area contributed by atoms with Crippen LogP contribution in [0.5, 0.6) is 0 Å². The molecule has 3 rings (SSSR count). The maximum atomic E-state index is 6.03. The molecule has 1 unspecified atom stereocenters. The van der Waals surface area contributed by atoms with Crippen LogP contribution in [-0.2, 0) is 4.74 Å². The molecule has 0 spiro atoms. The zero-order valence-electron chi connectivity index (χ0n) is 12.0. The molecule has 1 aliphatic heterocycles. The lowest BCUT2D eigenvalue weighted by Crippen LogP contribution is -2.36. The summed E-state index contributed by atoms with van der Waals surface area (Å²) in [6.07, 6.45) is 0. The molecule has 2 heterocycles. The summed E-state index contributed by atoms with van der Waals surface area (Å²) in [5, 5.41) is 3.61. The van der Waals surface area contributed by atoms with Gasteiger partial charge < -0.3 is 15.0 Å². The fourth-order valence-corrected chi connectivity index (χ4v) is 3.60. The third-order valence-electron chi connectivity index (χ3n) is 3.65. The third-order valence-corrected chi connectivity index (χ3v) is 5.06. The monoisotopic (exact) mass is 322 g/mol. The van der Waals surface area contributed by atoms with Gasteiger partial charge in [-0.25, -0.2) is 0 Å². The molecule has 1 aromatic heterocycles. The standard InChI is InChI=1S/C16H19ClN2OS/c1-12(15-6-7-16(17)21-15)18-13-4-2-3-5-14(13)19-8-10-20-11-9-19/h2-7,12,18H,8-11H2,1H3. The maximum Gasteiger partial charge on any atom is 0.0932 e. The fraction of sp³-hybridized carbons (Fsp3) is 0.375. The Labute approximate surface area is 134 Å². The van der Waals surface area contributed by atoms with Crippen LogP contribution in [0.3, 0.4) is 0 Å². The summed E-state index contributed by atoms with van der Waals surface area (Å²) in [6.45, 7) is 5.64. The van der Waals surface area contributed by atoms with Crippen LogP contribution in [0.2, 0.25) is 4.34 Å². The third kappa shape index (κ3) is 3.51. The second-order valence-electron chi connectivity index (χ2n) is 5.12. The van der Waals surface area contributed by atoms with Gasteiger partial charge in [-0.1, -0.05) is 23.7 Å². The number of nitrogens with zero attached hydrogens (tertiary/aromatic N) is 1. The fourth-order valence-electron chi connectivity index (χ4n) is 2.54. The van der Waals surface area contributed by atoms with Gasteiger partial charge in [-0.15, -0.1) is 11.3 Å². The minimum atomic E-state index is 0.240. The van der Waals surface area contributed by atoms with E-state index in [1.165, 1.54) is 10.6 Å². The highest BCUT2D eigenvalue weighted by molar-refractivity contribution is 7.16. The summed E-state index contributed by atoms with van der Waals surface area (Å²) in [6, 6.07) is 12.7. The number of thiophene rings is 1. The van der Waals surface area contributed by atoms with Crippen LogP contribution < -0.4 is 10.2 Å². The van der Waals surface area contributed by atoms with E-state index in [2.05, 4.69) is 47.5 Å². The van der Waals surface area contributed by atoms with Crippen LogP contribution in [0.15, 0.2) is 36.4 Å². The van der Waals surface area contributed by atoms with E-state index < -0.39 is 0 Å². The first-order valence-corrected chi connectivity index (χ1v) is 8.37. The first-order valence-electron chi connectivity index (χ1n) is 7.17. The van der Waals surface area contributed by atoms with Crippen molar-refractivity contribution in [2.75, 3.05) is 36.5 Å². The Morgan fingerprint density at radius 2 is 1.95 bits per heavy atom. The molecule has 0 radical (unpaired) electrons. The van der Waals surface area contributed by atoms with Crippen molar-refractivity contribution in [3.05, 3.63) is 45.6 Å². The number of hydrogen-bond donors (Lipinski definition) is 1. The lowest BCUT2D eigenvalue weighted by molar-refractivity contribution is 0.123. The molecule has 5 heteroatoms. The number of nitrogens with one attached hydrogen (secondary N) is 1. The summed E-state index contributed by atoms with van der Waals surface area (Å²) in [7, 11) is 0. The summed E-state index contributed by atoms with van der Waals surface area (Å²) < 4.78 is 6.27. The molecular formula is C16H19ClN2OS. The van der Waals surface area contributed by atoms with Crippen LogP contribution in [0, 0.1) is 0 Å². The van der Waals surface area contributed by atoms with E-state index in [1.54, 1.807) is 11.3 Å². The number of hydrogen-bond acceptors (Lipinski definition) is 4. The van der Waals surface area contributed by atoms with Gasteiger partial charge in [0.15, 0.2) is 0 Å². The largest absolute Gasteiger partial charge is 0.378 e. The molecule has 1 N–H and O–H groups in total. The quantitative estimate of drug-likeness (QED) is 0.902. The summed E-state index contributed by atoms with van der Waals surface area (Å²) in [5.41, 5.74) is 2.41. The number of morpholine rings is 1. The normalized spacial score (nSPS) is 16.8. The second kappa shape index (κ2) is 6.69. The second-order valence-corrected chi connectivity index (χ2v) is 6.87. The highest BCUT2D eigenvalue weighted by Crippen LogP contribution is 2.33. The van der Waals surface area contributed by atoms with Gasteiger partial charge in [0.25, 0.3) is 0 Å². The highest BCUT2D eigenvalue weighted by Gasteiger charge is 2.16. The van der Waals surface area contributed by atoms with Gasteiger partial charge >= 0.3 is 0 Å². The van der Waals surface area contributed by atoms with Crippen molar-refractivity contribution in [1.29, 1.82) is 0 Å². The number of ether oxygens (including phenoxy) is 1. The zero-order valence-corrected chi connectivity index (χ0v) is 13.6. The number of para-hydroxylation sites is 2. The smallest absolute Gasteiger partial charge is 0.0932 e. The average molecular weight is 323 g/mol. The van der Waals surface area contributed by atoms with Gasteiger partial charge in [-0.05, 0) is 31.2 Å². The highest BCUT2D eigenvalue weighted by atomic mass is 35.5. The molecule has 112 valence electrons. The van der Waals surface area contributed by atoms with E-state index in [9.17, 15) is 0 Å². The number of anilines is 2. The minimum absolute atomic E-state index is 0.240. The van der Waals surface area contributed by atoms with Gasteiger partial charge in [0, 0.05) is 18.0 Å². The van der Waals surface area contributed by atoms with Gasteiger partial charge in [-0.2, -0.15) is 0 Å². The van der Waals surface area contributed by atoms with Crippen molar-refractivity contribution in [1.82, 2.24) is 0 Å². The molecule has 0 amide bonds. The van der Waals surface area contributed by atoms with E-state index in [1.807, 2.05) is 6.07 Å². The predicted molar refractivity (Wildman–Crippen MR) is 90.8 cm³/mol. The van der Waals surface area contributed by atoms with Crippen molar-refractivity contribution in [3.8, 4) is 0 Å². The lowest BCUT2D eigenvalue weighted by atomic mass is 10.2. The van der Waals surface area contributed by atoms with Gasteiger partial charge in [0.05, 0.1) is 35.0 Å². The molecule has 1 aliphatic rings. The van der Waals surface area contributed by atoms with Crippen LogP contribution in [0.1, 0.15) is 17.8 Å². The SMILES string of the molecule is CC(Nc1ccccc1N1CCOCC1)c1ccc(Cl)s1. The topological polar surface area (TPSA) is 24.5 Å². The zero-order chi connectivity index (χ0) is 14.7. The molecule has 1 aromatic carbocycles. The van der Waals surface area contributed by atoms with Gasteiger partial charge in [-0.3, -0.25) is 0 Å². The Hall–Kier alpha value is -1.23. The number of rotatable bonds is 4. The Morgan fingerprint density at radius 1 is 1.19 bits per heavy atom.